The van der Waals surface area contributed by atoms with Crippen LogP contribution in [0.25, 0.3) is 0 Å². The van der Waals surface area contributed by atoms with Crippen LogP contribution in [0.1, 0.15) is 21.5 Å². The molecule has 0 aliphatic carbocycles. The lowest BCUT2D eigenvalue weighted by atomic mass is 10.1. The molecule has 20 heavy (non-hydrogen) atoms. The minimum atomic E-state index is -0.389. The molecule has 0 radical (unpaired) electrons. The molecule has 0 spiro atoms. The lowest BCUT2D eigenvalue weighted by Crippen LogP contribution is -2.06. The predicted octanol–water partition coefficient (Wildman–Crippen LogP) is 2.60. The molecule has 0 amide bonds. The Bertz CT molecular complexity index is 603. The highest BCUT2D eigenvalue weighted by Gasteiger charge is 2.05. The third-order valence-electron chi connectivity index (χ3n) is 2.81. The zero-order chi connectivity index (χ0) is 14.4. The molecule has 2 aromatic rings. The lowest BCUT2D eigenvalue weighted by molar-refractivity contribution is -0.469. The molecule has 0 atom stereocenters. The van der Waals surface area contributed by atoms with Gasteiger partial charge < -0.3 is 9.94 Å². The summed E-state index contributed by atoms with van der Waals surface area (Å²) in [5.41, 5.74) is 2.15. The summed E-state index contributed by atoms with van der Waals surface area (Å²) in [5, 5.41) is 11.8. The Morgan fingerprint density at radius 3 is 2.40 bits per heavy atom. The van der Waals surface area contributed by atoms with Crippen molar-refractivity contribution in [3.05, 3.63) is 76.5 Å². The van der Waals surface area contributed by atoms with E-state index in [0.29, 0.717) is 12.1 Å². The van der Waals surface area contributed by atoms with Gasteiger partial charge in [-0.25, -0.2) is 9.53 Å². The third-order valence-corrected chi connectivity index (χ3v) is 2.81. The van der Waals surface area contributed by atoms with Crippen molar-refractivity contribution in [2.45, 2.75) is 6.54 Å². The number of hydroxylamine groups is 1. The number of methoxy groups -OCH3 is 1. The first-order chi connectivity index (χ1) is 9.69. The second-order valence-electron chi connectivity index (χ2n) is 4.30. The minimum Gasteiger partial charge on any atom is -0.624 e. The Morgan fingerprint density at radius 1 is 1.15 bits per heavy atom. The van der Waals surface area contributed by atoms with Gasteiger partial charge in [-0.15, -0.1) is 0 Å². The number of rotatable bonds is 4. The van der Waals surface area contributed by atoms with Gasteiger partial charge in [0.15, 0.2) is 12.8 Å². The highest BCUT2D eigenvalue weighted by molar-refractivity contribution is 5.90. The van der Waals surface area contributed by atoms with Crippen LogP contribution in [0, 0.1) is 5.21 Å². The SMILES string of the molecule is COC(=O)c1ccc(/C=[N+](\[O-])Cc2ccccc2)cc1. The van der Waals surface area contributed by atoms with E-state index in [9.17, 15) is 10.0 Å². The van der Waals surface area contributed by atoms with E-state index in [-0.39, 0.29) is 5.97 Å². The van der Waals surface area contributed by atoms with Crippen LogP contribution >= 0.6 is 0 Å². The molecule has 0 fully saturated rings. The first kappa shape index (κ1) is 13.8. The number of benzene rings is 2. The molecular weight excluding hydrogens is 254 g/mol. The predicted molar refractivity (Wildman–Crippen MR) is 76.7 cm³/mol. The smallest absolute Gasteiger partial charge is 0.337 e. The van der Waals surface area contributed by atoms with Crippen molar-refractivity contribution in [3.63, 3.8) is 0 Å². The first-order valence-electron chi connectivity index (χ1n) is 6.20. The average molecular weight is 269 g/mol. The molecule has 0 aliphatic rings. The molecule has 102 valence electrons. The fourth-order valence-corrected chi connectivity index (χ4v) is 1.80. The molecule has 4 heteroatoms. The van der Waals surface area contributed by atoms with E-state index < -0.39 is 0 Å². The Kier molecular flexibility index (Phi) is 4.50. The van der Waals surface area contributed by atoms with E-state index in [4.69, 9.17) is 0 Å². The fourth-order valence-electron chi connectivity index (χ4n) is 1.80. The second kappa shape index (κ2) is 6.52. The minimum absolute atomic E-state index is 0.291. The van der Waals surface area contributed by atoms with Crippen LogP contribution in [-0.2, 0) is 11.3 Å². The standard InChI is InChI=1S/C16H15NO3/c1-20-16(18)15-9-7-14(8-10-15)12-17(19)11-13-5-3-2-4-6-13/h2-10,12H,11H2,1H3/b17-12-. The topological polar surface area (TPSA) is 52.4 Å². The molecule has 0 aromatic heterocycles. The van der Waals surface area contributed by atoms with Crippen molar-refractivity contribution >= 4 is 12.2 Å². The molecule has 4 nitrogen and oxygen atoms in total. The first-order valence-corrected chi connectivity index (χ1v) is 6.20. The summed E-state index contributed by atoms with van der Waals surface area (Å²) in [4.78, 5) is 11.3. The Balaban J connectivity index is 2.08. The summed E-state index contributed by atoms with van der Waals surface area (Å²) < 4.78 is 5.48. The van der Waals surface area contributed by atoms with Crippen molar-refractivity contribution in [2.75, 3.05) is 7.11 Å². The fraction of sp³-hybridized carbons (Fsp3) is 0.125. The van der Waals surface area contributed by atoms with Crippen LogP contribution in [0.4, 0.5) is 0 Å². The Hall–Kier alpha value is -2.62. The summed E-state index contributed by atoms with van der Waals surface area (Å²) in [7, 11) is 1.33. The zero-order valence-corrected chi connectivity index (χ0v) is 11.2. The molecule has 0 N–H and O–H groups in total. The van der Waals surface area contributed by atoms with Crippen molar-refractivity contribution in [2.24, 2.45) is 0 Å². The van der Waals surface area contributed by atoms with Crippen LogP contribution in [0.15, 0.2) is 54.6 Å². The van der Waals surface area contributed by atoms with Gasteiger partial charge in [-0.05, 0) is 24.3 Å². The van der Waals surface area contributed by atoms with Crippen LogP contribution in [0.3, 0.4) is 0 Å². The van der Waals surface area contributed by atoms with Crippen molar-refractivity contribution in [1.29, 1.82) is 0 Å². The van der Waals surface area contributed by atoms with E-state index in [1.54, 1.807) is 24.3 Å². The Labute approximate surface area is 117 Å². The van der Waals surface area contributed by atoms with Gasteiger partial charge in [0.25, 0.3) is 0 Å². The van der Waals surface area contributed by atoms with Gasteiger partial charge in [0.05, 0.1) is 12.7 Å². The number of hydrogen-bond acceptors (Lipinski definition) is 3. The summed E-state index contributed by atoms with van der Waals surface area (Å²) in [6.45, 7) is 0.291. The summed E-state index contributed by atoms with van der Waals surface area (Å²) >= 11 is 0. The molecule has 0 saturated carbocycles. The van der Waals surface area contributed by atoms with Gasteiger partial charge in [0.1, 0.15) is 0 Å². The summed E-state index contributed by atoms with van der Waals surface area (Å²) in [5.74, 6) is -0.389. The number of ether oxygens (including phenoxy) is 1. The average Bonchev–Trinajstić information content (AvgIpc) is 2.48. The lowest BCUT2D eigenvalue weighted by Gasteiger charge is -2.04. The monoisotopic (exact) mass is 269 g/mol. The molecule has 0 unspecified atom stereocenters. The van der Waals surface area contributed by atoms with Crippen molar-refractivity contribution < 1.29 is 14.3 Å². The van der Waals surface area contributed by atoms with E-state index in [0.717, 1.165) is 15.9 Å². The van der Waals surface area contributed by atoms with Gasteiger partial charge in [-0.1, -0.05) is 30.3 Å². The highest BCUT2D eigenvalue weighted by Crippen LogP contribution is 2.05. The normalized spacial score (nSPS) is 11.2. The molecule has 0 saturated heterocycles. The second-order valence-corrected chi connectivity index (χ2v) is 4.30. The van der Waals surface area contributed by atoms with Gasteiger partial charge in [-0.2, -0.15) is 0 Å². The van der Waals surface area contributed by atoms with Crippen LogP contribution < -0.4 is 0 Å². The summed E-state index contributed by atoms with van der Waals surface area (Å²) in [6.07, 6.45) is 1.49. The van der Waals surface area contributed by atoms with Crippen molar-refractivity contribution in [1.82, 2.24) is 0 Å². The maximum Gasteiger partial charge on any atom is 0.337 e. The van der Waals surface area contributed by atoms with Gasteiger partial charge >= 0.3 is 5.97 Å². The third kappa shape index (κ3) is 3.68. The largest absolute Gasteiger partial charge is 0.624 e. The van der Waals surface area contributed by atoms with E-state index in [2.05, 4.69) is 4.74 Å². The zero-order valence-electron chi connectivity index (χ0n) is 11.2. The van der Waals surface area contributed by atoms with Crippen molar-refractivity contribution in [3.8, 4) is 0 Å². The molecule has 0 bridgehead atoms. The van der Waals surface area contributed by atoms with Crippen LogP contribution in [0.5, 0.6) is 0 Å². The molecular formula is C16H15NO3. The molecule has 0 heterocycles. The maximum atomic E-state index is 11.8. The summed E-state index contributed by atoms with van der Waals surface area (Å²) in [6, 6.07) is 16.2. The van der Waals surface area contributed by atoms with Crippen LogP contribution in [0.2, 0.25) is 0 Å². The Morgan fingerprint density at radius 2 is 1.80 bits per heavy atom. The van der Waals surface area contributed by atoms with E-state index in [1.165, 1.54) is 13.3 Å². The van der Waals surface area contributed by atoms with Gasteiger partial charge in [0.2, 0.25) is 0 Å². The molecule has 2 aromatic carbocycles. The number of carbonyl (C=O) groups is 1. The van der Waals surface area contributed by atoms with Crippen LogP contribution in [-0.4, -0.2) is 24.0 Å². The van der Waals surface area contributed by atoms with Gasteiger partial charge in [0, 0.05) is 11.1 Å². The van der Waals surface area contributed by atoms with Gasteiger partial charge in [-0.3, -0.25) is 0 Å². The number of carbonyl (C=O) groups excluding carboxylic acids is 1. The number of nitrogens with zero attached hydrogens (tertiary/aromatic N) is 1. The molecule has 0 aliphatic heterocycles. The maximum absolute atomic E-state index is 11.8. The quantitative estimate of drug-likeness (QED) is 0.282. The van der Waals surface area contributed by atoms with E-state index >= 15 is 0 Å². The highest BCUT2D eigenvalue weighted by atomic mass is 16.5. The number of hydrogen-bond donors (Lipinski definition) is 0. The molecule has 2 rings (SSSR count). The number of esters is 1. The van der Waals surface area contributed by atoms with E-state index in [1.807, 2.05) is 30.3 Å².